The number of carbonyl (C=O) groups excluding carboxylic acids is 1. The van der Waals surface area contributed by atoms with Crippen LogP contribution in [0.5, 0.6) is 0 Å². The van der Waals surface area contributed by atoms with Crippen molar-refractivity contribution < 1.29 is 23.1 Å². The molecule has 1 unspecified atom stereocenters. The van der Waals surface area contributed by atoms with Crippen LogP contribution in [-0.4, -0.2) is 11.0 Å². The van der Waals surface area contributed by atoms with Crippen molar-refractivity contribution in [1.29, 1.82) is 0 Å². The minimum Gasteiger partial charge on any atom is -0.382 e. The fourth-order valence-electron chi connectivity index (χ4n) is 2.33. The van der Waals surface area contributed by atoms with Crippen LogP contribution in [0.4, 0.5) is 13.2 Å². The highest BCUT2D eigenvalue weighted by molar-refractivity contribution is 7.12. The molecule has 2 heterocycles. The Morgan fingerprint density at radius 1 is 1.12 bits per heavy atom. The molecular weight excluding hydrogens is 383 g/mol. The predicted molar refractivity (Wildman–Crippen MR) is 95.3 cm³/mol. The minimum atomic E-state index is -4.49. The highest BCUT2D eigenvalue weighted by Crippen LogP contribution is 2.31. The molecule has 0 aliphatic rings. The van der Waals surface area contributed by atoms with Crippen LogP contribution in [0, 0.1) is 0 Å². The van der Waals surface area contributed by atoms with Crippen LogP contribution in [0.1, 0.15) is 36.7 Å². The first-order chi connectivity index (χ1) is 12.3. The van der Waals surface area contributed by atoms with E-state index in [0.29, 0.717) is 0 Å². The molecule has 2 aromatic heterocycles. The van der Waals surface area contributed by atoms with Gasteiger partial charge in [-0.3, -0.25) is 4.79 Å². The zero-order chi connectivity index (χ0) is 18.7. The Morgan fingerprint density at radius 3 is 2.62 bits per heavy atom. The van der Waals surface area contributed by atoms with Crippen LogP contribution in [0.3, 0.4) is 0 Å². The minimum absolute atomic E-state index is 0.0461. The summed E-state index contributed by atoms with van der Waals surface area (Å²) in [6.07, 6.45) is -5.20. The van der Waals surface area contributed by atoms with Crippen molar-refractivity contribution in [3.05, 3.63) is 79.7 Å². The summed E-state index contributed by atoms with van der Waals surface area (Å²) in [5, 5.41) is 14.8. The van der Waals surface area contributed by atoms with Crippen LogP contribution < -0.4 is 5.32 Å². The van der Waals surface area contributed by atoms with E-state index in [2.05, 4.69) is 5.32 Å². The van der Waals surface area contributed by atoms with Crippen LogP contribution in [0.2, 0.25) is 0 Å². The van der Waals surface area contributed by atoms with Crippen LogP contribution in [-0.2, 0) is 12.7 Å². The first-order valence-corrected chi connectivity index (χ1v) is 9.30. The van der Waals surface area contributed by atoms with Gasteiger partial charge in [-0.1, -0.05) is 12.1 Å². The average Bonchev–Trinajstić information content (AvgIpc) is 3.30. The smallest absolute Gasteiger partial charge is 0.382 e. The molecule has 0 fully saturated rings. The summed E-state index contributed by atoms with van der Waals surface area (Å²) in [6.45, 7) is 0.177. The Bertz CT molecular complexity index is 888. The molecule has 3 aromatic rings. The van der Waals surface area contributed by atoms with E-state index in [1.807, 2.05) is 17.5 Å². The van der Waals surface area contributed by atoms with Gasteiger partial charge in [-0.2, -0.15) is 13.2 Å². The Kier molecular flexibility index (Phi) is 5.45. The van der Waals surface area contributed by atoms with E-state index in [4.69, 9.17) is 0 Å². The second-order valence-electron chi connectivity index (χ2n) is 5.48. The van der Waals surface area contributed by atoms with E-state index < -0.39 is 23.8 Å². The van der Waals surface area contributed by atoms with Crippen molar-refractivity contribution in [1.82, 2.24) is 5.32 Å². The van der Waals surface area contributed by atoms with Gasteiger partial charge in [-0.25, -0.2) is 0 Å². The van der Waals surface area contributed by atoms with Gasteiger partial charge < -0.3 is 10.4 Å². The van der Waals surface area contributed by atoms with E-state index in [1.165, 1.54) is 34.8 Å². The van der Waals surface area contributed by atoms with E-state index in [1.54, 1.807) is 12.1 Å². The summed E-state index contributed by atoms with van der Waals surface area (Å²) >= 11 is 2.79. The van der Waals surface area contributed by atoms with Gasteiger partial charge in [0.15, 0.2) is 0 Å². The molecule has 0 saturated heterocycles. The van der Waals surface area contributed by atoms with Crippen molar-refractivity contribution in [3.63, 3.8) is 0 Å². The third kappa shape index (κ3) is 4.32. The maximum absolute atomic E-state index is 12.7. The molecule has 1 aromatic carbocycles. The molecule has 3 rings (SSSR count). The van der Waals surface area contributed by atoms with Gasteiger partial charge in [0.2, 0.25) is 0 Å². The lowest BCUT2D eigenvalue weighted by molar-refractivity contribution is -0.137. The van der Waals surface area contributed by atoms with Gasteiger partial charge >= 0.3 is 6.18 Å². The Hall–Kier alpha value is -2.16. The van der Waals surface area contributed by atoms with Gasteiger partial charge in [-0.15, -0.1) is 22.7 Å². The molecule has 1 amide bonds. The Balaban J connectivity index is 1.64. The van der Waals surface area contributed by atoms with E-state index in [9.17, 15) is 23.1 Å². The van der Waals surface area contributed by atoms with E-state index >= 15 is 0 Å². The lowest BCUT2D eigenvalue weighted by atomic mass is 10.1. The fraction of sp³-hybridized carbons (Fsp3) is 0.167. The molecule has 136 valence electrons. The Morgan fingerprint density at radius 2 is 1.92 bits per heavy atom. The van der Waals surface area contributed by atoms with Gasteiger partial charge in [-0.05, 0) is 41.8 Å². The van der Waals surface area contributed by atoms with Crippen molar-refractivity contribution in [2.75, 3.05) is 0 Å². The largest absolute Gasteiger partial charge is 0.416 e. The van der Waals surface area contributed by atoms with Gasteiger partial charge in [0.05, 0.1) is 12.1 Å². The summed E-state index contributed by atoms with van der Waals surface area (Å²) in [5.74, 6) is -0.579. The number of rotatable bonds is 5. The standard InChI is InChI=1S/C18H14F3NO2S2/c19-18(20,21)12-4-1-3-11(9-12)17(24)22-10-13-6-7-15(26-13)16(23)14-5-2-8-25-14/h1-9,16,23H,10H2,(H,22,24). The molecule has 0 aliphatic carbocycles. The Labute approximate surface area is 155 Å². The fourth-order valence-corrected chi connectivity index (χ4v) is 4.09. The summed E-state index contributed by atoms with van der Waals surface area (Å²) in [4.78, 5) is 14.5. The second kappa shape index (κ2) is 7.61. The molecule has 2 N–H and O–H groups in total. The number of amides is 1. The maximum atomic E-state index is 12.7. The number of hydrogen-bond acceptors (Lipinski definition) is 4. The summed E-state index contributed by atoms with van der Waals surface area (Å²) < 4.78 is 38.2. The number of hydrogen-bond donors (Lipinski definition) is 2. The summed E-state index contributed by atoms with van der Waals surface area (Å²) in [5.41, 5.74) is -0.905. The quantitative estimate of drug-likeness (QED) is 0.647. The molecule has 0 radical (unpaired) electrons. The third-order valence-electron chi connectivity index (χ3n) is 3.64. The zero-order valence-electron chi connectivity index (χ0n) is 13.3. The van der Waals surface area contributed by atoms with Crippen LogP contribution in [0.15, 0.2) is 53.9 Å². The average molecular weight is 397 g/mol. The van der Waals surface area contributed by atoms with E-state index in [0.717, 1.165) is 26.8 Å². The zero-order valence-corrected chi connectivity index (χ0v) is 14.9. The third-order valence-corrected chi connectivity index (χ3v) is 5.70. The topological polar surface area (TPSA) is 49.3 Å². The highest BCUT2D eigenvalue weighted by atomic mass is 32.1. The molecule has 3 nitrogen and oxygen atoms in total. The predicted octanol–water partition coefficient (Wildman–Crippen LogP) is 4.84. The molecule has 0 bridgehead atoms. The molecule has 0 spiro atoms. The molecule has 26 heavy (non-hydrogen) atoms. The summed E-state index contributed by atoms with van der Waals surface area (Å²) in [7, 11) is 0. The number of benzene rings is 1. The monoisotopic (exact) mass is 397 g/mol. The lowest BCUT2D eigenvalue weighted by Gasteiger charge is -2.09. The van der Waals surface area contributed by atoms with Gasteiger partial charge in [0, 0.05) is 20.2 Å². The van der Waals surface area contributed by atoms with Gasteiger partial charge in [0.1, 0.15) is 6.10 Å². The molecule has 8 heteroatoms. The van der Waals surface area contributed by atoms with Gasteiger partial charge in [0.25, 0.3) is 5.91 Å². The maximum Gasteiger partial charge on any atom is 0.416 e. The second-order valence-corrected chi connectivity index (χ2v) is 7.66. The molecule has 0 aliphatic heterocycles. The highest BCUT2D eigenvalue weighted by Gasteiger charge is 2.30. The van der Waals surface area contributed by atoms with Crippen molar-refractivity contribution in [2.45, 2.75) is 18.8 Å². The van der Waals surface area contributed by atoms with Crippen molar-refractivity contribution >= 4 is 28.6 Å². The van der Waals surface area contributed by atoms with Crippen molar-refractivity contribution in [3.8, 4) is 0 Å². The summed E-state index contributed by atoms with van der Waals surface area (Å²) in [6, 6.07) is 11.6. The number of halogens is 3. The van der Waals surface area contributed by atoms with Crippen LogP contribution in [0.25, 0.3) is 0 Å². The number of aliphatic hydroxyl groups excluding tert-OH is 1. The first kappa shape index (κ1) is 18.6. The number of alkyl halides is 3. The van der Waals surface area contributed by atoms with E-state index in [-0.39, 0.29) is 12.1 Å². The number of carbonyl (C=O) groups is 1. The molecule has 0 saturated carbocycles. The first-order valence-electron chi connectivity index (χ1n) is 7.60. The van der Waals surface area contributed by atoms with Crippen LogP contribution >= 0.6 is 22.7 Å². The number of aliphatic hydroxyl groups is 1. The SMILES string of the molecule is O=C(NCc1ccc(C(O)c2cccs2)s1)c1cccc(C(F)(F)F)c1. The normalized spacial score (nSPS) is 12.8. The van der Waals surface area contributed by atoms with Crippen molar-refractivity contribution in [2.24, 2.45) is 0 Å². The molecule has 1 atom stereocenters. The lowest BCUT2D eigenvalue weighted by Crippen LogP contribution is -2.22. The number of thiophene rings is 2. The molecular formula is C18H14F3NO2S2. The number of nitrogens with one attached hydrogen (secondary N) is 1.